The number of fused-ring (bicyclic) bond motifs is 3. The molecule has 29 heavy (non-hydrogen) atoms. The van der Waals surface area contributed by atoms with Gasteiger partial charge in [-0.2, -0.15) is 0 Å². The summed E-state index contributed by atoms with van der Waals surface area (Å²) in [6, 6.07) is 24.0. The van der Waals surface area contributed by atoms with E-state index in [1.807, 2.05) is 71.4 Å². The van der Waals surface area contributed by atoms with E-state index in [0.29, 0.717) is 0 Å². The molecule has 0 bridgehead atoms. The number of ether oxygens (including phenoxy) is 2. The molecule has 5 aromatic rings. The van der Waals surface area contributed by atoms with E-state index in [-0.39, 0.29) is 0 Å². The van der Waals surface area contributed by atoms with Crippen molar-refractivity contribution in [2.45, 2.75) is 0 Å². The molecule has 0 aliphatic carbocycles. The van der Waals surface area contributed by atoms with Crippen molar-refractivity contribution in [1.82, 2.24) is 14.4 Å². The predicted octanol–water partition coefficient (Wildman–Crippen LogP) is 5.23. The van der Waals surface area contributed by atoms with Crippen molar-refractivity contribution in [2.75, 3.05) is 14.2 Å². The Morgan fingerprint density at radius 2 is 1.45 bits per heavy atom. The summed E-state index contributed by atoms with van der Waals surface area (Å²) in [7, 11) is 3.34. The van der Waals surface area contributed by atoms with Crippen molar-refractivity contribution in [1.29, 1.82) is 0 Å². The van der Waals surface area contributed by atoms with Crippen molar-refractivity contribution in [2.24, 2.45) is 0 Å². The van der Waals surface area contributed by atoms with E-state index in [2.05, 4.69) is 17.1 Å². The van der Waals surface area contributed by atoms with Crippen LogP contribution in [-0.4, -0.2) is 28.6 Å². The van der Waals surface area contributed by atoms with Crippen LogP contribution in [0.5, 0.6) is 11.5 Å². The maximum atomic E-state index is 5.45. The average molecular weight is 381 g/mol. The van der Waals surface area contributed by atoms with Gasteiger partial charge in [0.15, 0.2) is 0 Å². The van der Waals surface area contributed by atoms with Crippen molar-refractivity contribution in [3.63, 3.8) is 0 Å². The highest BCUT2D eigenvalue weighted by Gasteiger charge is 2.18. The van der Waals surface area contributed by atoms with Gasteiger partial charge in [0, 0.05) is 16.5 Å². The second kappa shape index (κ2) is 6.95. The first kappa shape index (κ1) is 17.3. The molecule has 2 aromatic heterocycles. The standard InChI is InChI=1S/C24H19N3O2/c1-28-18-9-5-7-16(13-18)22-23(17-8-6-10-19(14-17)29-2)27-15-25-21-12-4-3-11-20(21)24(27)26-22/h3-15H,1-2H3. The van der Waals surface area contributed by atoms with Gasteiger partial charge in [-0.05, 0) is 36.4 Å². The van der Waals surface area contributed by atoms with E-state index in [1.54, 1.807) is 14.2 Å². The number of hydrogen-bond donors (Lipinski definition) is 0. The van der Waals surface area contributed by atoms with Gasteiger partial charge in [0.2, 0.25) is 0 Å². The first-order valence-electron chi connectivity index (χ1n) is 9.33. The quantitative estimate of drug-likeness (QED) is 0.427. The smallest absolute Gasteiger partial charge is 0.148 e. The van der Waals surface area contributed by atoms with E-state index in [1.165, 1.54) is 0 Å². The summed E-state index contributed by atoms with van der Waals surface area (Å²) in [5.41, 5.74) is 5.60. The lowest BCUT2D eigenvalue weighted by atomic mass is 10.0. The maximum Gasteiger partial charge on any atom is 0.148 e. The van der Waals surface area contributed by atoms with Gasteiger partial charge >= 0.3 is 0 Å². The first-order valence-corrected chi connectivity index (χ1v) is 9.33. The Kier molecular flexibility index (Phi) is 4.13. The van der Waals surface area contributed by atoms with Gasteiger partial charge in [0.1, 0.15) is 23.5 Å². The highest BCUT2D eigenvalue weighted by molar-refractivity contribution is 5.95. The summed E-state index contributed by atoms with van der Waals surface area (Å²) in [4.78, 5) is 9.69. The molecule has 0 saturated carbocycles. The molecular formula is C24H19N3O2. The van der Waals surface area contributed by atoms with Gasteiger partial charge < -0.3 is 9.47 Å². The minimum atomic E-state index is 0.791. The van der Waals surface area contributed by atoms with Crippen molar-refractivity contribution in [3.8, 4) is 34.0 Å². The van der Waals surface area contributed by atoms with E-state index in [9.17, 15) is 0 Å². The fraction of sp³-hybridized carbons (Fsp3) is 0.0833. The molecule has 5 rings (SSSR count). The molecule has 5 nitrogen and oxygen atoms in total. The Morgan fingerprint density at radius 1 is 0.759 bits per heavy atom. The molecule has 5 heteroatoms. The number of rotatable bonds is 4. The lowest BCUT2D eigenvalue weighted by molar-refractivity contribution is 0.415. The minimum Gasteiger partial charge on any atom is -0.497 e. The lowest BCUT2D eigenvalue weighted by Gasteiger charge is -2.09. The Morgan fingerprint density at radius 3 is 2.21 bits per heavy atom. The minimum absolute atomic E-state index is 0.791. The number of aromatic nitrogens is 3. The molecule has 0 spiro atoms. The summed E-state index contributed by atoms with van der Waals surface area (Å²) < 4.78 is 12.9. The van der Waals surface area contributed by atoms with Crippen LogP contribution >= 0.6 is 0 Å². The molecule has 0 atom stereocenters. The fourth-order valence-corrected chi connectivity index (χ4v) is 3.65. The summed E-state index contributed by atoms with van der Waals surface area (Å²) >= 11 is 0. The first-order chi connectivity index (χ1) is 14.3. The van der Waals surface area contributed by atoms with Gasteiger partial charge in [-0.15, -0.1) is 0 Å². The third-order valence-corrected chi connectivity index (χ3v) is 5.05. The van der Waals surface area contributed by atoms with Crippen LogP contribution in [0.1, 0.15) is 0 Å². The van der Waals surface area contributed by atoms with E-state index < -0.39 is 0 Å². The van der Waals surface area contributed by atoms with Crippen LogP contribution in [0.2, 0.25) is 0 Å². The zero-order valence-electron chi connectivity index (χ0n) is 16.2. The second-order valence-corrected chi connectivity index (χ2v) is 6.73. The number of benzene rings is 3. The average Bonchev–Trinajstić information content (AvgIpc) is 3.19. The highest BCUT2D eigenvalue weighted by Crippen LogP contribution is 2.36. The summed E-state index contributed by atoms with van der Waals surface area (Å²) in [5.74, 6) is 1.59. The normalized spacial score (nSPS) is 11.1. The lowest BCUT2D eigenvalue weighted by Crippen LogP contribution is -1.93. The third kappa shape index (κ3) is 2.88. The van der Waals surface area contributed by atoms with Crippen LogP contribution in [0.3, 0.4) is 0 Å². The Balaban J connectivity index is 1.88. The Labute approximate surface area is 168 Å². The van der Waals surface area contributed by atoms with Crippen LogP contribution < -0.4 is 9.47 Å². The molecule has 0 amide bonds. The predicted molar refractivity (Wildman–Crippen MR) is 114 cm³/mol. The van der Waals surface area contributed by atoms with E-state index in [0.717, 1.165) is 50.6 Å². The SMILES string of the molecule is COc1cccc(-c2nc3c4ccccc4ncn3c2-c2cccc(OC)c2)c1. The molecule has 0 fully saturated rings. The summed E-state index contributed by atoms with van der Waals surface area (Å²) in [6.07, 6.45) is 1.84. The number of para-hydroxylation sites is 1. The van der Waals surface area contributed by atoms with Crippen LogP contribution in [-0.2, 0) is 0 Å². The van der Waals surface area contributed by atoms with Crippen LogP contribution in [0.4, 0.5) is 0 Å². The zero-order chi connectivity index (χ0) is 19.8. The largest absolute Gasteiger partial charge is 0.497 e. The van der Waals surface area contributed by atoms with Gasteiger partial charge in [-0.1, -0.05) is 36.4 Å². The van der Waals surface area contributed by atoms with Gasteiger partial charge in [0.25, 0.3) is 0 Å². The molecule has 142 valence electrons. The molecule has 0 saturated heterocycles. The summed E-state index contributed by atoms with van der Waals surface area (Å²) in [6.45, 7) is 0. The van der Waals surface area contributed by atoms with Crippen LogP contribution in [0, 0.1) is 0 Å². The molecule has 0 aliphatic rings. The van der Waals surface area contributed by atoms with Crippen molar-refractivity contribution in [3.05, 3.63) is 79.1 Å². The summed E-state index contributed by atoms with van der Waals surface area (Å²) in [5, 5.41) is 1.01. The third-order valence-electron chi connectivity index (χ3n) is 5.05. The van der Waals surface area contributed by atoms with Gasteiger partial charge in [0.05, 0.1) is 31.1 Å². The molecule has 3 aromatic carbocycles. The number of imidazole rings is 1. The highest BCUT2D eigenvalue weighted by atomic mass is 16.5. The monoisotopic (exact) mass is 381 g/mol. The molecule has 0 N–H and O–H groups in total. The van der Waals surface area contributed by atoms with Gasteiger partial charge in [-0.25, -0.2) is 9.97 Å². The van der Waals surface area contributed by atoms with E-state index >= 15 is 0 Å². The molecular weight excluding hydrogens is 362 g/mol. The fourth-order valence-electron chi connectivity index (χ4n) is 3.65. The zero-order valence-corrected chi connectivity index (χ0v) is 16.2. The molecule has 0 unspecified atom stereocenters. The Bertz CT molecular complexity index is 1340. The maximum absolute atomic E-state index is 5.45. The molecule has 0 aliphatic heterocycles. The Hall–Kier alpha value is -3.86. The van der Waals surface area contributed by atoms with E-state index in [4.69, 9.17) is 14.5 Å². The number of nitrogens with zero attached hydrogens (tertiary/aromatic N) is 3. The topological polar surface area (TPSA) is 48.7 Å². The van der Waals surface area contributed by atoms with Crippen LogP contribution in [0.25, 0.3) is 39.1 Å². The number of methoxy groups -OCH3 is 2. The van der Waals surface area contributed by atoms with Crippen LogP contribution in [0.15, 0.2) is 79.1 Å². The molecule has 0 radical (unpaired) electrons. The number of hydrogen-bond acceptors (Lipinski definition) is 4. The second-order valence-electron chi connectivity index (χ2n) is 6.73. The van der Waals surface area contributed by atoms with Gasteiger partial charge in [-0.3, -0.25) is 4.40 Å². The van der Waals surface area contributed by atoms with Crippen molar-refractivity contribution < 1.29 is 9.47 Å². The molecule has 2 heterocycles. The van der Waals surface area contributed by atoms with Crippen molar-refractivity contribution >= 4 is 16.6 Å².